The van der Waals surface area contributed by atoms with Gasteiger partial charge in [0.05, 0.1) is 27.8 Å². The maximum atomic E-state index is 12.8. The SMILES string of the molecule is Cn1c(=O)c2c(Cl)cccc2n2cnc(-n3nncc3C3(O)CC3)c12. The van der Waals surface area contributed by atoms with Gasteiger partial charge in [-0.3, -0.25) is 13.8 Å². The second-order valence-electron chi connectivity index (χ2n) is 6.32. The predicted molar refractivity (Wildman–Crippen MR) is 91.0 cm³/mol. The number of rotatable bonds is 2. The molecule has 0 atom stereocenters. The molecule has 3 aromatic heterocycles. The highest BCUT2D eigenvalue weighted by atomic mass is 35.5. The molecule has 3 heterocycles. The summed E-state index contributed by atoms with van der Waals surface area (Å²) in [6.07, 6.45) is 4.46. The van der Waals surface area contributed by atoms with E-state index in [4.69, 9.17) is 11.6 Å². The van der Waals surface area contributed by atoms with Crippen LogP contribution in [-0.2, 0) is 12.6 Å². The molecule has 0 amide bonds. The van der Waals surface area contributed by atoms with E-state index >= 15 is 0 Å². The number of fused-ring (bicyclic) bond motifs is 3. The highest BCUT2D eigenvalue weighted by molar-refractivity contribution is 6.35. The average molecular weight is 357 g/mol. The van der Waals surface area contributed by atoms with Crippen LogP contribution in [0.2, 0.25) is 5.02 Å². The standard InChI is InChI=1S/C16H13ClN6O2/c1-21-14-13(23-11(7-19-20-23)16(25)5-6-16)18-8-22(14)10-4-2-3-9(17)12(10)15(21)24/h2-4,7-8,25H,5-6H2,1H3. The summed E-state index contributed by atoms with van der Waals surface area (Å²) in [5.41, 5.74) is 0.652. The number of hydrogen-bond acceptors (Lipinski definition) is 5. The maximum absolute atomic E-state index is 12.8. The van der Waals surface area contributed by atoms with Gasteiger partial charge < -0.3 is 5.11 Å². The summed E-state index contributed by atoms with van der Waals surface area (Å²) in [6, 6.07) is 5.29. The van der Waals surface area contributed by atoms with Crippen LogP contribution in [0.4, 0.5) is 0 Å². The van der Waals surface area contributed by atoms with Gasteiger partial charge in [-0.15, -0.1) is 5.10 Å². The van der Waals surface area contributed by atoms with Crippen molar-refractivity contribution in [3.8, 4) is 5.82 Å². The molecular formula is C16H13ClN6O2. The molecule has 0 unspecified atom stereocenters. The van der Waals surface area contributed by atoms with Gasteiger partial charge in [0, 0.05) is 7.05 Å². The smallest absolute Gasteiger partial charge is 0.262 e. The van der Waals surface area contributed by atoms with Crippen LogP contribution in [0.25, 0.3) is 22.4 Å². The number of nitrogens with zero attached hydrogens (tertiary/aromatic N) is 6. The Kier molecular flexibility index (Phi) is 2.73. The summed E-state index contributed by atoms with van der Waals surface area (Å²) in [5, 5.41) is 19.3. The van der Waals surface area contributed by atoms with Crippen molar-refractivity contribution in [1.29, 1.82) is 0 Å². The zero-order valence-corrected chi connectivity index (χ0v) is 14.0. The second-order valence-corrected chi connectivity index (χ2v) is 6.73. The average Bonchev–Trinajstić information content (AvgIpc) is 3.04. The lowest BCUT2D eigenvalue weighted by Gasteiger charge is -2.11. The van der Waals surface area contributed by atoms with Gasteiger partial charge in [-0.05, 0) is 25.0 Å². The number of aryl methyl sites for hydroxylation is 1. The van der Waals surface area contributed by atoms with E-state index in [1.165, 1.54) is 15.4 Å². The van der Waals surface area contributed by atoms with Crippen molar-refractivity contribution in [3.05, 3.63) is 51.8 Å². The third-order valence-corrected chi connectivity index (χ3v) is 5.08. The van der Waals surface area contributed by atoms with Crippen LogP contribution in [0.1, 0.15) is 18.5 Å². The molecule has 0 bridgehead atoms. The number of aromatic nitrogens is 6. The number of halogens is 1. The highest BCUT2D eigenvalue weighted by Crippen LogP contribution is 2.45. The van der Waals surface area contributed by atoms with E-state index in [1.807, 2.05) is 6.07 Å². The van der Waals surface area contributed by atoms with E-state index in [0.717, 1.165) is 0 Å². The quantitative estimate of drug-likeness (QED) is 0.586. The van der Waals surface area contributed by atoms with Gasteiger partial charge in [-0.2, -0.15) is 4.68 Å². The highest BCUT2D eigenvalue weighted by Gasteiger charge is 2.46. The van der Waals surface area contributed by atoms with E-state index < -0.39 is 5.60 Å². The largest absolute Gasteiger partial charge is 0.383 e. The molecular weight excluding hydrogens is 344 g/mol. The zero-order chi connectivity index (χ0) is 17.3. The Labute approximate surface area is 145 Å². The van der Waals surface area contributed by atoms with Crippen LogP contribution < -0.4 is 5.56 Å². The van der Waals surface area contributed by atoms with Crippen molar-refractivity contribution < 1.29 is 5.11 Å². The maximum Gasteiger partial charge on any atom is 0.262 e. The van der Waals surface area contributed by atoms with E-state index in [1.54, 1.807) is 29.9 Å². The molecule has 1 aromatic carbocycles. The first-order valence-corrected chi connectivity index (χ1v) is 8.17. The topological polar surface area (TPSA) is 90.2 Å². The van der Waals surface area contributed by atoms with Crippen molar-refractivity contribution in [2.45, 2.75) is 18.4 Å². The third kappa shape index (κ3) is 1.86. The lowest BCUT2D eigenvalue weighted by atomic mass is 10.2. The molecule has 0 spiro atoms. The number of hydrogen-bond donors (Lipinski definition) is 1. The zero-order valence-electron chi connectivity index (χ0n) is 13.2. The molecule has 5 rings (SSSR count). The molecule has 25 heavy (non-hydrogen) atoms. The molecule has 1 saturated carbocycles. The number of aliphatic hydroxyl groups is 1. The fourth-order valence-electron chi connectivity index (χ4n) is 3.24. The fourth-order valence-corrected chi connectivity index (χ4v) is 3.49. The third-order valence-electron chi connectivity index (χ3n) is 4.76. The molecule has 0 saturated heterocycles. The van der Waals surface area contributed by atoms with Gasteiger partial charge in [0.1, 0.15) is 11.9 Å². The molecule has 0 radical (unpaired) electrons. The molecule has 126 valence electrons. The van der Waals surface area contributed by atoms with Crippen LogP contribution >= 0.6 is 11.6 Å². The second kappa shape index (κ2) is 4.68. The van der Waals surface area contributed by atoms with E-state index in [9.17, 15) is 9.90 Å². The minimum Gasteiger partial charge on any atom is -0.383 e. The molecule has 0 aliphatic heterocycles. The monoisotopic (exact) mass is 356 g/mol. The molecule has 8 nitrogen and oxygen atoms in total. The Balaban J connectivity index is 1.90. The molecule has 1 fully saturated rings. The summed E-state index contributed by atoms with van der Waals surface area (Å²) < 4.78 is 4.78. The van der Waals surface area contributed by atoms with Crippen LogP contribution in [0, 0.1) is 0 Å². The van der Waals surface area contributed by atoms with E-state index in [2.05, 4.69) is 15.3 Å². The fraction of sp³-hybridized carbons (Fsp3) is 0.250. The van der Waals surface area contributed by atoms with Crippen molar-refractivity contribution in [2.75, 3.05) is 0 Å². The Morgan fingerprint density at radius 3 is 2.88 bits per heavy atom. The summed E-state index contributed by atoms with van der Waals surface area (Å²) in [7, 11) is 1.66. The van der Waals surface area contributed by atoms with Crippen LogP contribution in [0.3, 0.4) is 0 Å². The summed E-state index contributed by atoms with van der Waals surface area (Å²) in [6.45, 7) is 0. The van der Waals surface area contributed by atoms with E-state index in [-0.39, 0.29) is 5.56 Å². The Morgan fingerprint density at radius 1 is 1.32 bits per heavy atom. The predicted octanol–water partition coefficient (Wildman–Crippen LogP) is 1.40. The summed E-state index contributed by atoms with van der Waals surface area (Å²) in [4.78, 5) is 17.3. The minimum atomic E-state index is -0.918. The van der Waals surface area contributed by atoms with Gasteiger partial charge in [-0.25, -0.2) is 4.98 Å². The Morgan fingerprint density at radius 2 is 2.12 bits per heavy atom. The molecule has 1 N–H and O–H groups in total. The summed E-state index contributed by atoms with van der Waals surface area (Å²) >= 11 is 6.23. The molecule has 1 aliphatic carbocycles. The Hall–Kier alpha value is -2.71. The van der Waals surface area contributed by atoms with Crippen molar-refractivity contribution in [1.82, 2.24) is 28.9 Å². The van der Waals surface area contributed by atoms with Crippen molar-refractivity contribution >= 4 is 28.2 Å². The van der Waals surface area contributed by atoms with Crippen molar-refractivity contribution in [3.63, 3.8) is 0 Å². The number of imidazole rings is 1. The molecule has 4 aromatic rings. The van der Waals surface area contributed by atoms with Crippen molar-refractivity contribution in [2.24, 2.45) is 7.05 Å². The lowest BCUT2D eigenvalue weighted by Crippen LogP contribution is -2.21. The van der Waals surface area contributed by atoms with Gasteiger partial charge in [0.15, 0.2) is 11.5 Å². The van der Waals surface area contributed by atoms with Gasteiger partial charge >= 0.3 is 0 Å². The number of benzene rings is 1. The summed E-state index contributed by atoms with van der Waals surface area (Å²) in [5.74, 6) is 0.439. The lowest BCUT2D eigenvalue weighted by molar-refractivity contribution is 0.143. The first-order valence-electron chi connectivity index (χ1n) is 7.79. The van der Waals surface area contributed by atoms with E-state index in [0.29, 0.717) is 45.9 Å². The molecule has 9 heteroatoms. The first kappa shape index (κ1) is 14.6. The van der Waals surface area contributed by atoms with Gasteiger partial charge in [0.2, 0.25) is 0 Å². The van der Waals surface area contributed by atoms with Gasteiger partial charge in [-0.1, -0.05) is 22.9 Å². The normalized spacial score (nSPS) is 16.0. The van der Waals surface area contributed by atoms with Crippen LogP contribution in [0.15, 0.2) is 35.5 Å². The first-order chi connectivity index (χ1) is 12.0. The van der Waals surface area contributed by atoms with Crippen LogP contribution in [0.5, 0.6) is 0 Å². The molecule has 1 aliphatic rings. The van der Waals surface area contributed by atoms with Gasteiger partial charge in [0.25, 0.3) is 5.56 Å². The van der Waals surface area contributed by atoms with Crippen LogP contribution in [-0.4, -0.2) is 34.1 Å². The Bertz CT molecular complexity index is 1220. The minimum absolute atomic E-state index is 0.221.